The largest absolute Gasteiger partial charge is 0.493 e. The number of nitrogens with zero attached hydrogens (tertiary/aromatic N) is 1. The second-order valence-corrected chi connectivity index (χ2v) is 8.32. The van der Waals surface area contributed by atoms with E-state index in [2.05, 4.69) is 67.2 Å². The van der Waals surface area contributed by atoms with Crippen LogP contribution in [0.2, 0.25) is 0 Å². The molecular weight excluding hydrogens is 390 g/mol. The summed E-state index contributed by atoms with van der Waals surface area (Å²) in [6.45, 7) is 9.29. The summed E-state index contributed by atoms with van der Waals surface area (Å²) < 4.78 is 10.6. The topological polar surface area (TPSA) is 76.2 Å². The van der Waals surface area contributed by atoms with Crippen LogP contribution < -0.4 is 20.3 Å². The number of methoxy groups -OCH3 is 2. The molecule has 1 aromatic heterocycles. The highest BCUT2D eigenvalue weighted by Gasteiger charge is 2.17. The van der Waals surface area contributed by atoms with Gasteiger partial charge in [0.05, 0.1) is 31.7 Å². The third kappa shape index (κ3) is 5.07. The van der Waals surface area contributed by atoms with Crippen molar-refractivity contribution in [3.8, 4) is 11.5 Å². The first-order chi connectivity index (χ1) is 14.9. The van der Waals surface area contributed by atoms with E-state index in [0.717, 1.165) is 6.42 Å². The van der Waals surface area contributed by atoms with Gasteiger partial charge in [0.25, 0.3) is 5.56 Å². The third-order valence-corrected chi connectivity index (χ3v) is 5.89. The van der Waals surface area contributed by atoms with Crippen molar-refractivity contribution in [3.05, 3.63) is 63.7 Å². The second-order valence-electron chi connectivity index (χ2n) is 8.32. The molecule has 1 heterocycles. The molecule has 0 spiro atoms. The molecule has 0 bridgehead atoms. The van der Waals surface area contributed by atoms with E-state index < -0.39 is 0 Å². The van der Waals surface area contributed by atoms with Crippen LogP contribution >= 0.6 is 0 Å². The molecule has 6 heteroatoms. The van der Waals surface area contributed by atoms with Crippen molar-refractivity contribution >= 4 is 10.9 Å². The van der Waals surface area contributed by atoms with Crippen LogP contribution in [0.3, 0.4) is 0 Å². The summed E-state index contributed by atoms with van der Waals surface area (Å²) in [5.74, 6) is 2.59. The number of ether oxygens (including phenoxy) is 2. The molecule has 0 aliphatic rings. The molecule has 6 nitrogen and oxygen atoms in total. The Hall–Kier alpha value is -2.86. The Morgan fingerprint density at radius 3 is 2.19 bits per heavy atom. The van der Waals surface area contributed by atoms with Crippen LogP contribution in [0.1, 0.15) is 63.0 Å². The van der Waals surface area contributed by atoms with Crippen LogP contribution in [0.5, 0.6) is 11.5 Å². The van der Waals surface area contributed by atoms with Gasteiger partial charge >= 0.3 is 0 Å². The molecule has 166 valence electrons. The van der Waals surface area contributed by atoms with E-state index in [9.17, 15) is 4.79 Å². The van der Waals surface area contributed by atoms with Gasteiger partial charge in [-0.25, -0.2) is 4.98 Å². The second kappa shape index (κ2) is 9.96. The quantitative estimate of drug-likeness (QED) is 0.510. The summed E-state index contributed by atoms with van der Waals surface area (Å²) >= 11 is 0. The number of hydrogen-bond acceptors (Lipinski definition) is 5. The van der Waals surface area contributed by atoms with Crippen LogP contribution in [0.25, 0.3) is 10.9 Å². The van der Waals surface area contributed by atoms with Gasteiger partial charge in [-0.2, -0.15) is 0 Å². The first kappa shape index (κ1) is 22.8. The van der Waals surface area contributed by atoms with Crippen molar-refractivity contribution < 1.29 is 9.47 Å². The van der Waals surface area contributed by atoms with Gasteiger partial charge in [-0.1, -0.05) is 52.0 Å². The van der Waals surface area contributed by atoms with E-state index in [1.807, 2.05) is 0 Å². The van der Waals surface area contributed by atoms with E-state index in [4.69, 9.17) is 9.47 Å². The molecular formula is C25H33N3O3. The summed E-state index contributed by atoms with van der Waals surface area (Å²) in [5, 5.41) is 4.04. The lowest BCUT2D eigenvalue weighted by atomic mass is 9.92. The lowest BCUT2D eigenvalue weighted by molar-refractivity contribution is 0.355. The average molecular weight is 424 g/mol. The van der Waals surface area contributed by atoms with Crippen molar-refractivity contribution in [2.24, 2.45) is 5.92 Å². The summed E-state index contributed by atoms with van der Waals surface area (Å²) in [7, 11) is 3.12. The molecule has 3 rings (SSSR count). The molecule has 31 heavy (non-hydrogen) atoms. The zero-order chi connectivity index (χ0) is 22.5. The van der Waals surface area contributed by atoms with Crippen molar-refractivity contribution in [1.82, 2.24) is 15.3 Å². The van der Waals surface area contributed by atoms with Gasteiger partial charge in [0.15, 0.2) is 11.5 Å². The van der Waals surface area contributed by atoms with Crippen molar-refractivity contribution in [2.75, 3.05) is 14.2 Å². The van der Waals surface area contributed by atoms with E-state index in [0.29, 0.717) is 46.6 Å². The van der Waals surface area contributed by atoms with E-state index >= 15 is 0 Å². The maximum Gasteiger partial charge on any atom is 0.258 e. The SMILES string of the molecule is CC[C@@H](C)c1ccc([C@@H](NCc2nc3cc(OC)c(OC)cc3c(=O)[nH]2)C(C)C)cc1. The monoisotopic (exact) mass is 423 g/mol. The molecule has 0 radical (unpaired) electrons. The van der Waals surface area contributed by atoms with Crippen molar-refractivity contribution in [2.45, 2.75) is 52.6 Å². The first-order valence-corrected chi connectivity index (χ1v) is 10.9. The van der Waals surface area contributed by atoms with Crippen molar-refractivity contribution in [1.29, 1.82) is 0 Å². The molecule has 2 aromatic carbocycles. The summed E-state index contributed by atoms with van der Waals surface area (Å²) in [6.07, 6.45) is 1.13. The molecule has 2 atom stereocenters. The van der Waals surface area contributed by atoms with E-state index in [1.165, 1.54) is 11.1 Å². The number of aromatic amines is 1. The molecule has 0 aliphatic heterocycles. The maximum atomic E-state index is 12.6. The van der Waals surface area contributed by atoms with Gasteiger partial charge < -0.3 is 19.8 Å². The predicted octanol–water partition coefficient (Wildman–Crippen LogP) is 4.94. The number of hydrogen-bond donors (Lipinski definition) is 2. The molecule has 3 aromatic rings. The minimum atomic E-state index is -0.193. The standard InChI is InChI=1S/C25H33N3O3/c1-7-16(4)17-8-10-18(11-9-17)24(15(2)3)26-14-23-27-20-13-22(31-6)21(30-5)12-19(20)25(29)28-23/h8-13,15-16,24,26H,7,14H2,1-6H3,(H,27,28,29)/t16-,24+/m1/s1. The Bertz CT molecular complexity index is 1070. The van der Waals surface area contributed by atoms with Crippen LogP contribution in [0.15, 0.2) is 41.2 Å². The summed E-state index contributed by atoms with van der Waals surface area (Å²) in [6, 6.07) is 12.4. The molecule has 0 saturated carbocycles. The van der Waals surface area contributed by atoms with Crippen molar-refractivity contribution in [3.63, 3.8) is 0 Å². The zero-order valence-corrected chi connectivity index (χ0v) is 19.3. The molecule has 0 amide bonds. The Kier molecular flexibility index (Phi) is 7.33. The predicted molar refractivity (Wildman–Crippen MR) is 125 cm³/mol. The number of fused-ring (bicyclic) bond motifs is 1. The lowest BCUT2D eigenvalue weighted by Gasteiger charge is -2.23. The van der Waals surface area contributed by atoms with Gasteiger partial charge in [0.2, 0.25) is 0 Å². The first-order valence-electron chi connectivity index (χ1n) is 10.9. The van der Waals surface area contributed by atoms with Crippen LogP contribution in [-0.2, 0) is 6.54 Å². The fraction of sp³-hybridized carbons (Fsp3) is 0.440. The van der Waals surface area contributed by atoms with Gasteiger partial charge in [-0.3, -0.25) is 4.79 Å². The smallest absolute Gasteiger partial charge is 0.258 e. The molecule has 0 saturated heterocycles. The third-order valence-electron chi connectivity index (χ3n) is 5.89. The summed E-state index contributed by atoms with van der Waals surface area (Å²) in [4.78, 5) is 20.2. The normalized spacial score (nSPS) is 13.4. The van der Waals surface area contributed by atoms with Crippen LogP contribution in [0, 0.1) is 5.92 Å². The summed E-state index contributed by atoms with van der Waals surface area (Å²) in [5.41, 5.74) is 2.98. The number of benzene rings is 2. The Morgan fingerprint density at radius 1 is 1.00 bits per heavy atom. The molecule has 0 aliphatic carbocycles. The van der Waals surface area contributed by atoms with E-state index in [-0.39, 0.29) is 11.6 Å². The Balaban J connectivity index is 1.84. The van der Waals surface area contributed by atoms with Gasteiger partial charge in [0, 0.05) is 12.1 Å². The van der Waals surface area contributed by atoms with Crippen LogP contribution in [0.4, 0.5) is 0 Å². The fourth-order valence-corrected chi connectivity index (χ4v) is 3.81. The molecule has 0 fully saturated rings. The lowest BCUT2D eigenvalue weighted by Crippen LogP contribution is -2.27. The van der Waals surface area contributed by atoms with Gasteiger partial charge in [-0.05, 0) is 35.4 Å². The number of rotatable bonds is 9. The molecule has 2 N–H and O–H groups in total. The number of H-pyrrole nitrogens is 1. The zero-order valence-electron chi connectivity index (χ0n) is 19.3. The number of aromatic nitrogens is 2. The Labute approximate surface area is 184 Å². The van der Waals surface area contributed by atoms with E-state index in [1.54, 1.807) is 26.4 Å². The Morgan fingerprint density at radius 2 is 1.61 bits per heavy atom. The maximum absolute atomic E-state index is 12.6. The highest BCUT2D eigenvalue weighted by Crippen LogP contribution is 2.30. The van der Waals surface area contributed by atoms with Crippen LogP contribution in [-0.4, -0.2) is 24.2 Å². The average Bonchev–Trinajstić information content (AvgIpc) is 2.78. The fourth-order valence-electron chi connectivity index (χ4n) is 3.81. The van der Waals surface area contributed by atoms with Gasteiger partial charge in [-0.15, -0.1) is 0 Å². The molecule has 0 unspecified atom stereocenters. The minimum absolute atomic E-state index is 0.150. The number of nitrogens with one attached hydrogen (secondary N) is 2. The highest BCUT2D eigenvalue weighted by molar-refractivity contribution is 5.81. The highest BCUT2D eigenvalue weighted by atomic mass is 16.5. The van der Waals surface area contributed by atoms with Gasteiger partial charge in [0.1, 0.15) is 5.82 Å². The minimum Gasteiger partial charge on any atom is -0.493 e.